The zero-order valence-electron chi connectivity index (χ0n) is 13.2. The lowest BCUT2D eigenvalue weighted by Gasteiger charge is -2.15. The Kier molecular flexibility index (Phi) is 11.8. The van der Waals surface area contributed by atoms with Crippen molar-refractivity contribution in [3.05, 3.63) is 23.7 Å². The van der Waals surface area contributed by atoms with E-state index in [1.54, 1.807) is 6.07 Å². The number of aliphatic hydroxyl groups excluding tert-OH is 1. The van der Waals surface area contributed by atoms with Crippen molar-refractivity contribution in [3.8, 4) is 0 Å². The van der Waals surface area contributed by atoms with E-state index < -0.39 is 12.0 Å². The summed E-state index contributed by atoms with van der Waals surface area (Å²) in [5, 5.41) is 16.4. The molecule has 23 heavy (non-hydrogen) atoms. The lowest BCUT2D eigenvalue weighted by atomic mass is 9.97. The predicted octanol–water partition coefficient (Wildman–Crippen LogP) is 0.219. The fraction of sp³-hybridized carbons (Fsp3) is 0.600. The van der Waals surface area contributed by atoms with E-state index in [2.05, 4.69) is 0 Å². The zero-order chi connectivity index (χ0) is 17.7. The van der Waals surface area contributed by atoms with E-state index in [0.29, 0.717) is 18.1 Å². The summed E-state index contributed by atoms with van der Waals surface area (Å²) >= 11 is 0. The monoisotopic (exact) mass is 329 g/mol. The summed E-state index contributed by atoms with van der Waals surface area (Å²) in [4.78, 5) is 19.7. The van der Waals surface area contributed by atoms with Gasteiger partial charge in [0.1, 0.15) is 18.4 Å². The number of nitrogens with two attached hydrogens (primary N) is 3. The van der Waals surface area contributed by atoms with E-state index in [-0.39, 0.29) is 18.9 Å². The van der Waals surface area contributed by atoms with Crippen LogP contribution in [0.5, 0.6) is 0 Å². The van der Waals surface area contributed by atoms with Crippen LogP contribution >= 0.6 is 0 Å². The fourth-order valence-corrected chi connectivity index (χ4v) is 1.78. The summed E-state index contributed by atoms with van der Waals surface area (Å²) in [7, 11) is 0. The molecule has 1 aromatic rings. The smallest absolute Gasteiger partial charge is 0.321 e. The minimum atomic E-state index is -1.05. The fourth-order valence-electron chi connectivity index (χ4n) is 1.78. The molecule has 0 amide bonds. The van der Waals surface area contributed by atoms with Gasteiger partial charge < -0.3 is 31.8 Å². The third-order valence-electron chi connectivity index (χ3n) is 3.18. The van der Waals surface area contributed by atoms with Gasteiger partial charge >= 0.3 is 5.97 Å². The van der Waals surface area contributed by atoms with Gasteiger partial charge in [0.05, 0.1) is 0 Å². The number of aliphatic carboxylic acids is 1. The average Bonchev–Trinajstić information content (AvgIpc) is 3.04. The molecule has 8 N–H and O–H groups in total. The first-order valence-electron chi connectivity index (χ1n) is 7.53. The van der Waals surface area contributed by atoms with Crippen molar-refractivity contribution in [2.75, 3.05) is 6.54 Å². The number of hydrogen-bond donors (Lipinski definition) is 5. The van der Waals surface area contributed by atoms with Gasteiger partial charge in [-0.05, 0) is 25.0 Å². The molecule has 8 heteroatoms. The van der Waals surface area contributed by atoms with Gasteiger partial charge in [-0.1, -0.05) is 19.3 Å². The van der Waals surface area contributed by atoms with Crippen LogP contribution in [0.4, 0.5) is 0 Å². The predicted molar refractivity (Wildman–Crippen MR) is 85.7 cm³/mol. The van der Waals surface area contributed by atoms with Crippen molar-refractivity contribution in [1.29, 1.82) is 0 Å². The second-order valence-corrected chi connectivity index (χ2v) is 5.16. The number of aliphatic hydroxyl groups is 1. The first-order chi connectivity index (χ1) is 10.9. The number of furan rings is 1. The summed E-state index contributed by atoms with van der Waals surface area (Å²) in [5.41, 5.74) is 15.4. The van der Waals surface area contributed by atoms with Crippen molar-refractivity contribution in [3.63, 3.8) is 0 Å². The van der Waals surface area contributed by atoms with Crippen LogP contribution in [0, 0.1) is 0 Å². The third-order valence-corrected chi connectivity index (χ3v) is 3.18. The van der Waals surface area contributed by atoms with Gasteiger partial charge in [0.15, 0.2) is 12.0 Å². The summed E-state index contributed by atoms with van der Waals surface area (Å²) in [6, 6.07) is 2.70. The van der Waals surface area contributed by atoms with Crippen LogP contribution in [0.3, 0.4) is 0 Å². The maximum Gasteiger partial charge on any atom is 0.321 e. The Balaban J connectivity index is 0.000000320. The highest BCUT2D eigenvalue weighted by atomic mass is 16.4. The van der Waals surface area contributed by atoms with Gasteiger partial charge in [0, 0.05) is 12.6 Å². The molecular weight excluding hydrogens is 302 g/mol. The van der Waals surface area contributed by atoms with Crippen LogP contribution in [-0.2, 0) is 11.4 Å². The Morgan fingerprint density at radius 1 is 1.35 bits per heavy atom. The molecule has 2 rings (SSSR count). The molecule has 1 aliphatic carbocycles. The van der Waals surface area contributed by atoms with Gasteiger partial charge in [-0.3, -0.25) is 9.59 Å². The molecule has 0 saturated heterocycles. The molecule has 0 aromatic carbocycles. The third kappa shape index (κ3) is 10.6. The molecule has 0 bridgehead atoms. The Morgan fingerprint density at radius 3 is 2.17 bits per heavy atom. The molecule has 1 saturated carbocycles. The van der Waals surface area contributed by atoms with Gasteiger partial charge in [-0.2, -0.15) is 0 Å². The lowest BCUT2D eigenvalue weighted by molar-refractivity contribution is -0.138. The molecule has 1 atom stereocenters. The number of carboxylic acid groups (broad SMARTS) is 1. The van der Waals surface area contributed by atoms with Crippen molar-refractivity contribution in [2.24, 2.45) is 17.2 Å². The van der Waals surface area contributed by atoms with Crippen molar-refractivity contribution in [2.45, 2.75) is 50.8 Å². The topological polar surface area (TPSA) is 166 Å². The van der Waals surface area contributed by atoms with Gasteiger partial charge in [0.2, 0.25) is 0 Å². The molecule has 1 fully saturated rings. The Hall–Kier alpha value is -1.74. The van der Waals surface area contributed by atoms with Gasteiger partial charge in [-0.25, -0.2) is 0 Å². The number of aldehydes is 1. The second kappa shape index (κ2) is 12.8. The average molecular weight is 329 g/mol. The molecule has 0 spiro atoms. The molecular formula is C15H27N3O5. The highest BCUT2D eigenvalue weighted by Crippen LogP contribution is 2.14. The Morgan fingerprint density at radius 2 is 1.96 bits per heavy atom. The number of rotatable bonds is 4. The van der Waals surface area contributed by atoms with Gasteiger partial charge in [0.25, 0.3) is 0 Å². The molecule has 0 radical (unpaired) electrons. The number of carboxylic acids is 1. The molecule has 132 valence electrons. The minimum absolute atomic E-state index is 0.00463. The highest BCUT2D eigenvalue weighted by molar-refractivity contribution is 5.73. The Bertz CT molecular complexity index is 444. The van der Waals surface area contributed by atoms with E-state index in [0.717, 1.165) is 0 Å². The summed E-state index contributed by atoms with van der Waals surface area (Å²) in [5.74, 6) is -0.390. The van der Waals surface area contributed by atoms with E-state index in [9.17, 15) is 9.59 Å². The molecule has 1 aromatic heterocycles. The summed E-state index contributed by atoms with van der Waals surface area (Å²) in [6.07, 6.45) is 7.26. The van der Waals surface area contributed by atoms with Crippen LogP contribution in [0.1, 0.15) is 48.4 Å². The largest absolute Gasteiger partial charge is 0.480 e. The van der Waals surface area contributed by atoms with E-state index >= 15 is 0 Å². The van der Waals surface area contributed by atoms with Crippen LogP contribution < -0.4 is 17.2 Å². The molecule has 0 aliphatic heterocycles. The highest BCUT2D eigenvalue weighted by Gasteiger charge is 2.06. The lowest BCUT2D eigenvalue weighted by Crippen LogP contribution is -2.37. The Labute approximate surface area is 135 Å². The van der Waals surface area contributed by atoms with Crippen LogP contribution in [0.25, 0.3) is 0 Å². The van der Waals surface area contributed by atoms with Crippen molar-refractivity contribution in [1.82, 2.24) is 0 Å². The van der Waals surface area contributed by atoms with E-state index in [1.807, 2.05) is 0 Å². The normalized spacial score (nSPS) is 15.5. The first kappa shape index (κ1) is 21.3. The van der Waals surface area contributed by atoms with Crippen LogP contribution in [-0.4, -0.2) is 41.1 Å². The van der Waals surface area contributed by atoms with Crippen LogP contribution in [0.2, 0.25) is 0 Å². The number of carbonyl (C=O) groups is 2. The molecule has 8 nitrogen and oxygen atoms in total. The molecule has 1 aliphatic rings. The van der Waals surface area contributed by atoms with E-state index in [1.165, 1.54) is 38.2 Å². The van der Waals surface area contributed by atoms with E-state index in [4.69, 9.17) is 31.8 Å². The minimum Gasteiger partial charge on any atom is -0.480 e. The zero-order valence-corrected chi connectivity index (χ0v) is 13.2. The van der Waals surface area contributed by atoms with Crippen molar-refractivity contribution < 1.29 is 24.2 Å². The summed E-state index contributed by atoms with van der Waals surface area (Å²) in [6.45, 7) is -0.164. The summed E-state index contributed by atoms with van der Waals surface area (Å²) < 4.78 is 4.76. The maximum absolute atomic E-state index is 9.96. The molecule has 0 unspecified atom stereocenters. The maximum atomic E-state index is 9.96. The number of carbonyl (C=O) groups excluding carboxylic acids is 1. The second-order valence-electron chi connectivity index (χ2n) is 5.16. The SMILES string of the molecule is NC1CCCCC1.NC[C@H](N)C(=O)O.O=Cc1ccc(CO)o1. The van der Waals surface area contributed by atoms with Crippen LogP contribution in [0.15, 0.2) is 16.5 Å². The molecule has 1 heterocycles. The standard InChI is InChI=1S/C6H13N.C6H6O3.C3H8N2O2/c7-6-4-2-1-3-5-6;7-3-5-1-2-6(4-8)9-5;4-1-2(5)3(6)7/h6H,1-5,7H2;1-3,8H,4H2;2H,1,4-5H2,(H,6,7)/t;;2-/m..0/s1. The first-order valence-corrected chi connectivity index (χ1v) is 7.53. The number of hydrogen-bond acceptors (Lipinski definition) is 7. The van der Waals surface area contributed by atoms with Crippen molar-refractivity contribution >= 4 is 12.3 Å². The van der Waals surface area contributed by atoms with Gasteiger partial charge in [-0.15, -0.1) is 0 Å². The quantitative estimate of drug-likeness (QED) is 0.489.